The Morgan fingerprint density at radius 3 is 2.83 bits per heavy atom. The van der Waals surface area contributed by atoms with E-state index in [0.717, 1.165) is 18.5 Å². The second-order valence-corrected chi connectivity index (χ2v) is 5.63. The molecule has 0 spiro atoms. The van der Waals surface area contributed by atoms with E-state index >= 15 is 0 Å². The summed E-state index contributed by atoms with van der Waals surface area (Å²) in [6.45, 7) is 0.840. The lowest BCUT2D eigenvalue weighted by Crippen LogP contribution is -2.19. The van der Waals surface area contributed by atoms with Crippen LogP contribution in [0.15, 0.2) is 40.9 Å². The molecule has 3 aromatic rings. The highest BCUT2D eigenvalue weighted by Gasteiger charge is 2.14. The quantitative estimate of drug-likeness (QED) is 0.780. The summed E-state index contributed by atoms with van der Waals surface area (Å²) in [5, 5.41) is 0. The highest BCUT2D eigenvalue weighted by molar-refractivity contribution is 5.95. The number of carbonyl (C=O) groups excluding carboxylic acids is 1. The molecular formula is C17H18N4O2. The van der Waals surface area contributed by atoms with E-state index in [1.807, 2.05) is 26.2 Å². The van der Waals surface area contributed by atoms with E-state index in [9.17, 15) is 4.79 Å². The molecule has 0 unspecified atom stereocenters. The van der Waals surface area contributed by atoms with Crippen molar-refractivity contribution in [3.8, 4) is 11.5 Å². The molecular weight excluding hydrogens is 292 g/mol. The average Bonchev–Trinajstić information content (AvgIpc) is 2.96. The Morgan fingerprint density at radius 2 is 2.13 bits per heavy atom. The lowest BCUT2D eigenvalue weighted by Gasteiger charge is -2.12. The summed E-state index contributed by atoms with van der Waals surface area (Å²) in [7, 11) is 3.98. The van der Waals surface area contributed by atoms with Gasteiger partial charge in [-0.25, -0.2) is 4.98 Å². The van der Waals surface area contributed by atoms with Crippen LogP contribution >= 0.6 is 0 Å². The first-order valence-corrected chi connectivity index (χ1v) is 7.34. The number of amides is 1. The van der Waals surface area contributed by atoms with Crippen LogP contribution in [0.4, 0.5) is 0 Å². The van der Waals surface area contributed by atoms with Gasteiger partial charge in [0.05, 0.1) is 0 Å². The molecule has 2 aromatic heterocycles. The first kappa shape index (κ1) is 15.2. The molecule has 0 radical (unpaired) electrons. The molecule has 0 saturated heterocycles. The largest absolute Gasteiger partial charge is 0.434 e. The summed E-state index contributed by atoms with van der Waals surface area (Å²) < 4.78 is 5.69. The molecule has 23 heavy (non-hydrogen) atoms. The van der Waals surface area contributed by atoms with Gasteiger partial charge in [-0.2, -0.15) is 4.98 Å². The molecule has 0 aliphatic rings. The molecule has 2 N–H and O–H groups in total. The zero-order valence-corrected chi connectivity index (χ0v) is 13.1. The Bertz CT molecular complexity index is 822. The molecule has 0 atom stereocenters. The predicted molar refractivity (Wildman–Crippen MR) is 88.0 cm³/mol. The van der Waals surface area contributed by atoms with Gasteiger partial charge in [-0.05, 0) is 50.3 Å². The van der Waals surface area contributed by atoms with Crippen LogP contribution in [0.2, 0.25) is 0 Å². The fourth-order valence-electron chi connectivity index (χ4n) is 2.39. The average molecular weight is 310 g/mol. The molecule has 6 nitrogen and oxygen atoms in total. The summed E-state index contributed by atoms with van der Waals surface area (Å²) in [6, 6.07) is 9.12. The number of primary amides is 1. The summed E-state index contributed by atoms with van der Waals surface area (Å²) in [5.74, 6) is -0.0183. The lowest BCUT2D eigenvalue weighted by atomic mass is 10.0. The monoisotopic (exact) mass is 310 g/mol. The lowest BCUT2D eigenvalue weighted by molar-refractivity contribution is 0.0999. The number of hydrogen-bond acceptors (Lipinski definition) is 5. The third kappa shape index (κ3) is 3.22. The number of nitrogens with two attached hydrogens (primary N) is 1. The number of hydrogen-bond donors (Lipinski definition) is 1. The van der Waals surface area contributed by atoms with Crippen LogP contribution in [0, 0.1) is 0 Å². The third-order valence-corrected chi connectivity index (χ3v) is 3.62. The fraction of sp³-hybridized carbons (Fsp3) is 0.235. The van der Waals surface area contributed by atoms with Gasteiger partial charge in [0.25, 0.3) is 0 Å². The maximum Gasteiger partial charge on any atom is 0.249 e. The van der Waals surface area contributed by atoms with Crippen LogP contribution in [0.3, 0.4) is 0 Å². The van der Waals surface area contributed by atoms with Gasteiger partial charge < -0.3 is 15.1 Å². The van der Waals surface area contributed by atoms with Crippen LogP contribution in [0.25, 0.3) is 22.7 Å². The highest BCUT2D eigenvalue weighted by Crippen LogP contribution is 2.25. The number of pyridine rings is 1. The Morgan fingerprint density at radius 1 is 1.30 bits per heavy atom. The van der Waals surface area contributed by atoms with Gasteiger partial charge in [0.2, 0.25) is 11.8 Å². The normalized spacial score (nSPS) is 11.3. The zero-order valence-electron chi connectivity index (χ0n) is 13.1. The van der Waals surface area contributed by atoms with E-state index < -0.39 is 5.91 Å². The number of fused-ring (bicyclic) bond motifs is 1. The van der Waals surface area contributed by atoms with E-state index in [-0.39, 0.29) is 0 Å². The number of carbonyl (C=O) groups is 1. The minimum atomic E-state index is -0.449. The molecule has 1 aromatic carbocycles. The van der Waals surface area contributed by atoms with Crippen molar-refractivity contribution >= 4 is 17.1 Å². The van der Waals surface area contributed by atoms with Crippen LogP contribution in [0.1, 0.15) is 15.9 Å². The molecule has 0 fully saturated rings. The minimum Gasteiger partial charge on any atom is -0.434 e. The van der Waals surface area contributed by atoms with Crippen molar-refractivity contribution in [3.63, 3.8) is 0 Å². The van der Waals surface area contributed by atoms with Crippen LogP contribution in [-0.2, 0) is 6.42 Å². The number of rotatable bonds is 5. The minimum absolute atomic E-state index is 0.431. The van der Waals surface area contributed by atoms with Crippen molar-refractivity contribution in [1.82, 2.24) is 14.9 Å². The van der Waals surface area contributed by atoms with Crippen molar-refractivity contribution in [2.24, 2.45) is 5.73 Å². The Hall–Kier alpha value is -2.73. The number of nitrogens with zero attached hydrogens (tertiary/aromatic N) is 3. The molecule has 0 saturated carbocycles. The molecule has 3 rings (SSSR count). The molecule has 0 bridgehead atoms. The Kier molecular flexibility index (Phi) is 4.08. The van der Waals surface area contributed by atoms with Gasteiger partial charge in [0, 0.05) is 23.9 Å². The van der Waals surface area contributed by atoms with E-state index in [2.05, 4.69) is 14.9 Å². The van der Waals surface area contributed by atoms with Crippen LogP contribution in [0.5, 0.6) is 0 Å². The van der Waals surface area contributed by atoms with Gasteiger partial charge in [0.15, 0.2) is 11.2 Å². The van der Waals surface area contributed by atoms with E-state index in [1.165, 1.54) is 0 Å². The SMILES string of the molecule is CN(C)CCc1ccc(-c2nc3ncccc3o2)cc1C(N)=O. The first-order chi connectivity index (χ1) is 11.0. The topological polar surface area (TPSA) is 85.2 Å². The van der Waals surface area contributed by atoms with Gasteiger partial charge in [-0.15, -0.1) is 0 Å². The first-order valence-electron chi connectivity index (χ1n) is 7.34. The third-order valence-electron chi connectivity index (χ3n) is 3.62. The van der Waals surface area contributed by atoms with E-state index in [1.54, 1.807) is 24.4 Å². The van der Waals surface area contributed by atoms with Crippen molar-refractivity contribution in [3.05, 3.63) is 47.7 Å². The molecule has 118 valence electrons. The second kappa shape index (κ2) is 6.18. The summed E-state index contributed by atoms with van der Waals surface area (Å²) >= 11 is 0. The summed E-state index contributed by atoms with van der Waals surface area (Å²) in [4.78, 5) is 22.3. The molecule has 6 heteroatoms. The predicted octanol–water partition coefficient (Wildman–Crippen LogP) is 2.09. The highest BCUT2D eigenvalue weighted by atomic mass is 16.3. The van der Waals surface area contributed by atoms with Crippen molar-refractivity contribution in [2.75, 3.05) is 20.6 Å². The number of oxazole rings is 1. The van der Waals surface area contributed by atoms with Crippen LogP contribution in [-0.4, -0.2) is 41.4 Å². The maximum absolute atomic E-state index is 11.8. The van der Waals surface area contributed by atoms with Gasteiger partial charge in [0.1, 0.15) is 0 Å². The smallest absolute Gasteiger partial charge is 0.249 e. The Labute approximate surface area is 133 Å². The molecule has 0 aliphatic heterocycles. The molecule has 1 amide bonds. The molecule has 0 aliphatic carbocycles. The van der Waals surface area contributed by atoms with E-state index in [0.29, 0.717) is 28.2 Å². The van der Waals surface area contributed by atoms with E-state index in [4.69, 9.17) is 10.2 Å². The Balaban J connectivity index is 1.99. The summed E-state index contributed by atoms with van der Waals surface area (Å²) in [5.41, 5.74) is 8.81. The zero-order chi connectivity index (χ0) is 16.4. The standard InChI is InChI=1S/C17H18N4O2/c1-21(2)9-7-11-5-6-12(10-13(11)15(18)22)17-20-16-14(23-17)4-3-8-19-16/h3-6,8,10H,7,9H2,1-2H3,(H2,18,22). The molecule has 2 heterocycles. The summed E-state index contributed by atoms with van der Waals surface area (Å²) in [6.07, 6.45) is 2.41. The van der Waals surface area contributed by atoms with Crippen LogP contribution < -0.4 is 5.73 Å². The van der Waals surface area contributed by atoms with Crippen molar-refractivity contribution in [2.45, 2.75) is 6.42 Å². The number of likely N-dealkylation sites (N-methyl/N-ethyl adjacent to an activating group) is 1. The fourth-order valence-corrected chi connectivity index (χ4v) is 2.39. The number of aromatic nitrogens is 2. The van der Waals surface area contributed by atoms with Gasteiger partial charge in [-0.3, -0.25) is 4.79 Å². The number of benzene rings is 1. The van der Waals surface area contributed by atoms with Gasteiger partial charge >= 0.3 is 0 Å². The van der Waals surface area contributed by atoms with Crippen molar-refractivity contribution in [1.29, 1.82) is 0 Å². The van der Waals surface area contributed by atoms with Crippen molar-refractivity contribution < 1.29 is 9.21 Å². The van der Waals surface area contributed by atoms with Gasteiger partial charge in [-0.1, -0.05) is 6.07 Å². The second-order valence-electron chi connectivity index (χ2n) is 5.63. The maximum atomic E-state index is 11.8.